The Morgan fingerprint density at radius 1 is 1.25 bits per heavy atom. The van der Waals surface area contributed by atoms with Gasteiger partial charge >= 0.3 is 12.3 Å². The molecule has 1 N–H and O–H groups in total. The molecule has 0 saturated carbocycles. The maximum Gasteiger partial charge on any atom is 0.509 e. The number of nitrogens with one attached hydrogen (secondary N) is 1. The molecule has 0 aromatic carbocycles. The molecule has 1 aliphatic heterocycles. The number of hydrogen-bond acceptors (Lipinski definition) is 6. The summed E-state index contributed by atoms with van der Waals surface area (Å²) in [6, 6.07) is -2.34. The van der Waals surface area contributed by atoms with Crippen LogP contribution in [0.5, 0.6) is 0 Å². The van der Waals surface area contributed by atoms with Gasteiger partial charge in [0.25, 0.3) is 0 Å². The van der Waals surface area contributed by atoms with Crippen LogP contribution in [0.25, 0.3) is 0 Å². The van der Waals surface area contributed by atoms with E-state index in [1.807, 2.05) is 0 Å². The van der Waals surface area contributed by atoms with Gasteiger partial charge in [-0.15, -0.1) is 0 Å². The van der Waals surface area contributed by atoms with Gasteiger partial charge < -0.3 is 24.3 Å². The summed E-state index contributed by atoms with van der Waals surface area (Å²) in [5, 5.41) is 1.77. The van der Waals surface area contributed by atoms with Crippen molar-refractivity contribution in [2.24, 2.45) is 0 Å². The summed E-state index contributed by atoms with van der Waals surface area (Å²) in [4.78, 5) is 22.3. The van der Waals surface area contributed by atoms with E-state index in [9.17, 15) is 22.8 Å². The van der Waals surface area contributed by atoms with Gasteiger partial charge in [-0.3, -0.25) is 4.79 Å². The zero-order chi connectivity index (χ0) is 18.3. The van der Waals surface area contributed by atoms with Gasteiger partial charge in [0.1, 0.15) is 6.10 Å². The van der Waals surface area contributed by atoms with Gasteiger partial charge in [0, 0.05) is 26.6 Å². The van der Waals surface area contributed by atoms with Crippen LogP contribution >= 0.6 is 0 Å². The van der Waals surface area contributed by atoms with Crippen molar-refractivity contribution in [2.75, 3.05) is 13.2 Å². The summed E-state index contributed by atoms with van der Waals surface area (Å²) in [5.41, 5.74) is 0. The van der Waals surface area contributed by atoms with Crippen LogP contribution in [0.15, 0.2) is 0 Å². The Balaban J connectivity index is 2.79. The Hall–Kier alpha value is -1.55. The zero-order valence-corrected chi connectivity index (χ0v) is 13.7. The van der Waals surface area contributed by atoms with Crippen LogP contribution < -0.4 is 5.32 Å². The van der Waals surface area contributed by atoms with E-state index in [1.54, 1.807) is 19.2 Å². The largest absolute Gasteiger partial charge is 0.509 e. The van der Waals surface area contributed by atoms with Crippen molar-refractivity contribution < 1.29 is 41.7 Å². The summed E-state index contributed by atoms with van der Waals surface area (Å²) in [5.74, 6) is -0.888. The van der Waals surface area contributed by atoms with Gasteiger partial charge in [-0.1, -0.05) is 0 Å². The summed E-state index contributed by atoms with van der Waals surface area (Å²) in [6.07, 6.45) is -9.19. The SMILES string of the molecule is CCOC(CCC1OC(=O)O[C@H]1C(NC(C)=O)C(F)(F)F)OCC. The molecule has 1 amide bonds. The lowest BCUT2D eigenvalue weighted by atomic mass is 10.0. The van der Waals surface area contributed by atoms with E-state index in [4.69, 9.17) is 14.2 Å². The predicted molar refractivity (Wildman–Crippen MR) is 75.1 cm³/mol. The molecule has 0 aromatic heterocycles. The molecule has 10 heteroatoms. The van der Waals surface area contributed by atoms with E-state index >= 15 is 0 Å². The van der Waals surface area contributed by atoms with Crippen LogP contribution in [-0.4, -0.2) is 56.0 Å². The van der Waals surface area contributed by atoms with Crippen LogP contribution in [0.4, 0.5) is 18.0 Å². The Morgan fingerprint density at radius 3 is 2.29 bits per heavy atom. The molecule has 1 fully saturated rings. The number of alkyl halides is 3. The average Bonchev–Trinajstić information content (AvgIpc) is 2.82. The fourth-order valence-electron chi connectivity index (χ4n) is 2.37. The molecule has 0 aromatic rings. The summed E-state index contributed by atoms with van der Waals surface area (Å²) < 4.78 is 59.5. The first-order valence-corrected chi connectivity index (χ1v) is 7.63. The van der Waals surface area contributed by atoms with Gasteiger partial charge in [-0.05, 0) is 20.3 Å². The number of ether oxygens (including phenoxy) is 4. The van der Waals surface area contributed by atoms with E-state index in [1.165, 1.54) is 0 Å². The highest BCUT2D eigenvalue weighted by atomic mass is 19.4. The number of carbonyl (C=O) groups is 2. The Bertz CT molecular complexity index is 425. The number of carbonyl (C=O) groups excluding carboxylic acids is 2. The van der Waals surface area contributed by atoms with E-state index in [-0.39, 0.29) is 12.8 Å². The van der Waals surface area contributed by atoms with Crippen molar-refractivity contribution in [1.29, 1.82) is 0 Å². The third-order valence-electron chi connectivity index (χ3n) is 3.28. The van der Waals surface area contributed by atoms with Gasteiger partial charge in [-0.2, -0.15) is 13.2 Å². The lowest BCUT2D eigenvalue weighted by Crippen LogP contribution is -2.55. The molecule has 1 heterocycles. The number of halogens is 3. The summed E-state index contributed by atoms with van der Waals surface area (Å²) >= 11 is 0. The molecule has 1 saturated heterocycles. The average molecular weight is 357 g/mol. The van der Waals surface area contributed by atoms with Crippen molar-refractivity contribution in [1.82, 2.24) is 5.32 Å². The highest BCUT2D eigenvalue weighted by Crippen LogP contribution is 2.31. The molecule has 0 radical (unpaired) electrons. The molecule has 7 nitrogen and oxygen atoms in total. The van der Waals surface area contributed by atoms with Gasteiger partial charge in [0.05, 0.1) is 0 Å². The first-order chi connectivity index (χ1) is 11.2. The Labute approximate surface area is 137 Å². The van der Waals surface area contributed by atoms with Gasteiger partial charge in [-0.25, -0.2) is 4.79 Å². The molecule has 140 valence electrons. The monoisotopic (exact) mass is 357 g/mol. The van der Waals surface area contributed by atoms with Crippen molar-refractivity contribution in [3.63, 3.8) is 0 Å². The molecule has 3 atom stereocenters. The second kappa shape index (κ2) is 9.07. The maximum absolute atomic E-state index is 13.2. The molecule has 0 aliphatic carbocycles. The Kier molecular flexibility index (Phi) is 7.74. The van der Waals surface area contributed by atoms with Crippen LogP contribution in [0.1, 0.15) is 33.6 Å². The topological polar surface area (TPSA) is 83.1 Å². The lowest BCUT2D eigenvalue weighted by Gasteiger charge is -2.28. The Morgan fingerprint density at radius 2 is 1.83 bits per heavy atom. The number of amides is 1. The summed E-state index contributed by atoms with van der Waals surface area (Å²) in [6.45, 7) is 5.19. The second-order valence-corrected chi connectivity index (χ2v) is 5.13. The van der Waals surface area contributed by atoms with Crippen molar-refractivity contribution in [2.45, 2.75) is 64.3 Å². The molecular weight excluding hydrogens is 335 g/mol. The third-order valence-corrected chi connectivity index (χ3v) is 3.28. The minimum atomic E-state index is -4.79. The minimum absolute atomic E-state index is 0.0350. The standard InChI is InChI=1S/C14H22F3NO6/c1-4-21-10(22-5-2)7-6-9-11(24-13(20)23-9)12(14(15,16)17)18-8(3)19/h9-12H,4-7H2,1-3H3,(H,18,19)/t9?,11-,12?/m1/s1. The lowest BCUT2D eigenvalue weighted by molar-refractivity contribution is -0.182. The molecule has 0 bridgehead atoms. The van der Waals surface area contributed by atoms with E-state index in [0.717, 1.165) is 6.92 Å². The number of cyclic esters (lactones) is 2. The predicted octanol–water partition coefficient (Wildman–Crippen LogP) is 2.14. The number of rotatable bonds is 9. The van der Waals surface area contributed by atoms with E-state index < -0.39 is 42.8 Å². The van der Waals surface area contributed by atoms with Crippen LogP contribution in [0.3, 0.4) is 0 Å². The minimum Gasteiger partial charge on any atom is -0.427 e. The molecule has 0 spiro atoms. The van der Waals surface area contributed by atoms with Crippen molar-refractivity contribution >= 4 is 12.1 Å². The summed E-state index contributed by atoms with van der Waals surface area (Å²) in [7, 11) is 0. The molecule has 1 aliphatic rings. The smallest absolute Gasteiger partial charge is 0.427 e. The van der Waals surface area contributed by atoms with Gasteiger partial charge in [0.15, 0.2) is 18.4 Å². The van der Waals surface area contributed by atoms with E-state index in [0.29, 0.717) is 13.2 Å². The van der Waals surface area contributed by atoms with Crippen LogP contribution in [0.2, 0.25) is 0 Å². The number of hydrogen-bond donors (Lipinski definition) is 1. The highest BCUT2D eigenvalue weighted by Gasteiger charge is 2.54. The molecule has 24 heavy (non-hydrogen) atoms. The third kappa shape index (κ3) is 6.16. The zero-order valence-electron chi connectivity index (χ0n) is 13.7. The quantitative estimate of drug-likeness (QED) is 0.503. The first kappa shape index (κ1) is 20.5. The maximum atomic E-state index is 13.2. The highest BCUT2D eigenvalue weighted by molar-refractivity contribution is 5.73. The fraction of sp³-hybridized carbons (Fsp3) is 0.857. The molecule has 2 unspecified atom stereocenters. The van der Waals surface area contributed by atoms with Crippen molar-refractivity contribution in [3.8, 4) is 0 Å². The van der Waals surface area contributed by atoms with Gasteiger partial charge in [0.2, 0.25) is 5.91 Å². The van der Waals surface area contributed by atoms with Crippen molar-refractivity contribution in [3.05, 3.63) is 0 Å². The van der Waals surface area contributed by atoms with Crippen LogP contribution in [-0.2, 0) is 23.7 Å². The molecule has 1 rings (SSSR count). The second-order valence-electron chi connectivity index (χ2n) is 5.13. The van der Waals surface area contributed by atoms with Crippen LogP contribution in [0, 0.1) is 0 Å². The van der Waals surface area contributed by atoms with E-state index in [2.05, 4.69) is 4.74 Å². The fourth-order valence-corrected chi connectivity index (χ4v) is 2.37. The first-order valence-electron chi connectivity index (χ1n) is 7.63. The normalized spacial score (nSPS) is 22.2. The molecular formula is C14H22F3NO6.